The monoisotopic (exact) mass is 350 g/mol. The van der Waals surface area contributed by atoms with Crippen LogP contribution in [0.25, 0.3) is 0 Å². The molecule has 2 aromatic heterocycles. The van der Waals surface area contributed by atoms with E-state index in [9.17, 15) is 0 Å². The van der Waals surface area contributed by atoms with Crippen molar-refractivity contribution in [3.8, 4) is 0 Å². The van der Waals surface area contributed by atoms with Gasteiger partial charge in [0.1, 0.15) is 10.0 Å². The summed E-state index contributed by atoms with van der Waals surface area (Å²) in [6.07, 6.45) is 5.01. The van der Waals surface area contributed by atoms with Crippen molar-refractivity contribution in [2.24, 2.45) is 5.41 Å². The van der Waals surface area contributed by atoms with Gasteiger partial charge in [0.05, 0.1) is 26.3 Å². The minimum atomic E-state index is 0.269. The third-order valence-electron chi connectivity index (χ3n) is 4.72. The van der Waals surface area contributed by atoms with Gasteiger partial charge in [0.15, 0.2) is 0 Å². The second kappa shape index (κ2) is 6.94. The molecule has 7 heteroatoms. The molecular formula is C16H22N4OS2. The molecule has 23 heavy (non-hydrogen) atoms. The molecule has 4 heterocycles. The molecular weight excluding hydrogens is 328 g/mol. The Morgan fingerprint density at radius 3 is 2.26 bits per heavy atom. The highest BCUT2D eigenvalue weighted by Crippen LogP contribution is 2.34. The Kier molecular flexibility index (Phi) is 4.73. The molecule has 2 aromatic rings. The van der Waals surface area contributed by atoms with Crippen LogP contribution in [0.1, 0.15) is 16.4 Å². The van der Waals surface area contributed by atoms with Gasteiger partial charge >= 0.3 is 0 Å². The average Bonchev–Trinajstić information content (AvgIpc) is 3.25. The summed E-state index contributed by atoms with van der Waals surface area (Å²) in [6.45, 7) is 8.03. The van der Waals surface area contributed by atoms with E-state index in [1.54, 1.807) is 22.7 Å². The van der Waals surface area contributed by atoms with Crippen LogP contribution >= 0.6 is 22.7 Å². The van der Waals surface area contributed by atoms with Crippen molar-refractivity contribution >= 4 is 22.7 Å². The van der Waals surface area contributed by atoms with E-state index in [1.165, 1.54) is 16.4 Å². The number of ether oxygens (including phenoxy) is 1. The summed E-state index contributed by atoms with van der Waals surface area (Å²) in [5.41, 5.74) is 0.269. The zero-order valence-electron chi connectivity index (χ0n) is 13.2. The predicted molar refractivity (Wildman–Crippen MR) is 92.7 cm³/mol. The van der Waals surface area contributed by atoms with Gasteiger partial charge in [0.25, 0.3) is 0 Å². The Morgan fingerprint density at radius 2 is 1.65 bits per heavy atom. The molecule has 0 radical (unpaired) electrons. The van der Waals surface area contributed by atoms with Gasteiger partial charge in [-0.15, -0.1) is 22.7 Å². The van der Waals surface area contributed by atoms with Crippen molar-refractivity contribution < 1.29 is 4.74 Å². The lowest BCUT2D eigenvalue weighted by atomic mass is 9.87. The second-order valence-corrected chi connectivity index (χ2v) is 8.53. The minimum Gasteiger partial charge on any atom is -0.379 e. The largest absolute Gasteiger partial charge is 0.379 e. The van der Waals surface area contributed by atoms with Crippen LogP contribution in [0.3, 0.4) is 0 Å². The Bertz CT molecular complexity index is 604. The lowest BCUT2D eigenvalue weighted by molar-refractivity contribution is 0.0706. The summed E-state index contributed by atoms with van der Waals surface area (Å²) in [5, 5.41) is 6.55. The molecule has 0 N–H and O–H groups in total. The number of hydrogen-bond acceptors (Lipinski definition) is 7. The van der Waals surface area contributed by atoms with Gasteiger partial charge in [-0.2, -0.15) is 0 Å². The van der Waals surface area contributed by atoms with Gasteiger partial charge in [-0.25, -0.2) is 9.97 Å². The van der Waals surface area contributed by atoms with Gasteiger partial charge in [-0.1, -0.05) is 0 Å². The first kappa shape index (κ1) is 15.7. The lowest BCUT2D eigenvalue weighted by Crippen LogP contribution is -2.40. The van der Waals surface area contributed by atoms with Crippen LogP contribution < -0.4 is 0 Å². The highest BCUT2D eigenvalue weighted by atomic mass is 32.1. The fourth-order valence-electron chi connectivity index (χ4n) is 3.67. The van der Waals surface area contributed by atoms with E-state index in [-0.39, 0.29) is 5.41 Å². The van der Waals surface area contributed by atoms with Crippen molar-refractivity contribution in [1.29, 1.82) is 0 Å². The molecule has 0 bridgehead atoms. The molecule has 124 valence electrons. The number of hydrogen-bond donors (Lipinski definition) is 0. The number of nitrogens with zero attached hydrogens (tertiary/aromatic N) is 4. The summed E-state index contributed by atoms with van der Waals surface area (Å²) in [6, 6.07) is 0. The molecule has 0 aliphatic carbocycles. The van der Waals surface area contributed by atoms with E-state index in [1.807, 2.05) is 12.4 Å². The van der Waals surface area contributed by atoms with Gasteiger partial charge < -0.3 is 4.74 Å². The van der Waals surface area contributed by atoms with Gasteiger partial charge in [0, 0.05) is 48.2 Å². The predicted octanol–water partition coefficient (Wildman–Crippen LogP) is 2.32. The zero-order valence-corrected chi connectivity index (χ0v) is 14.8. The summed E-state index contributed by atoms with van der Waals surface area (Å²) >= 11 is 3.50. The molecule has 0 saturated carbocycles. The molecule has 0 aromatic carbocycles. The molecule has 0 amide bonds. The zero-order chi connectivity index (χ0) is 15.5. The maximum Gasteiger partial charge on any atom is 0.107 e. The normalized spacial score (nSPS) is 26.8. The van der Waals surface area contributed by atoms with E-state index in [2.05, 4.69) is 30.5 Å². The van der Waals surface area contributed by atoms with Crippen LogP contribution in [0, 0.1) is 5.41 Å². The first-order chi connectivity index (χ1) is 11.3. The quantitative estimate of drug-likeness (QED) is 0.846. The second-order valence-electron chi connectivity index (χ2n) is 6.58. The van der Waals surface area contributed by atoms with Crippen LogP contribution in [0.5, 0.6) is 0 Å². The summed E-state index contributed by atoms with van der Waals surface area (Å²) in [4.78, 5) is 13.9. The average molecular weight is 351 g/mol. The number of rotatable bonds is 4. The van der Waals surface area contributed by atoms with E-state index in [0.717, 1.165) is 52.5 Å². The van der Waals surface area contributed by atoms with Crippen LogP contribution in [0.15, 0.2) is 23.2 Å². The van der Waals surface area contributed by atoms with Crippen molar-refractivity contribution in [3.05, 3.63) is 33.2 Å². The van der Waals surface area contributed by atoms with E-state index >= 15 is 0 Å². The van der Waals surface area contributed by atoms with Crippen LogP contribution in [0.4, 0.5) is 0 Å². The van der Waals surface area contributed by atoms with Crippen LogP contribution in [-0.4, -0.2) is 59.2 Å². The highest BCUT2D eigenvalue weighted by Gasteiger charge is 2.41. The first-order valence-electron chi connectivity index (χ1n) is 8.11. The molecule has 2 fully saturated rings. The van der Waals surface area contributed by atoms with Crippen LogP contribution in [0.2, 0.25) is 0 Å². The van der Waals surface area contributed by atoms with E-state index < -0.39 is 0 Å². The summed E-state index contributed by atoms with van der Waals surface area (Å²) < 4.78 is 5.97. The van der Waals surface area contributed by atoms with Crippen molar-refractivity contribution in [3.63, 3.8) is 0 Å². The third kappa shape index (κ3) is 3.80. The fourth-order valence-corrected chi connectivity index (χ4v) is 4.99. The van der Waals surface area contributed by atoms with Crippen molar-refractivity contribution in [1.82, 2.24) is 19.8 Å². The van der Waals surface area contributed by atoms with Gasteiger partial charge in [-0.05, 0) is 13.0 Å². The van der Waals surface area contributed by atoms with Crippen LogP contribution in [-0.2, 0) is 17.8 Å². The Morgan fingerprint density at radius 1 is 1.00 bits per heavy atom. The minimum absolute atomic E-state index is 0.269. The lowest BCUT2D eigenvalue weighted by Gasteiger charge is -2.31. The summed E-state index contributed by atoms with van der Waals surface area (Å²) in [7, 11) is 0. The smallest absolute Gasteiger partial charge is 0.107 e. The maximum atomic E-state index is 5.97. The fraction of sp³-hybridized carbons (Fsp3) is 0.625. The number of likely N-dealkylation sites (tertiary alicyclic amines) is 1. The molecule has 0 unspecified atom stereocenters. The molecule has 2 aliphatic heterocycles. The third-order valence-corrected chi connectivity index (χ3v) is 6.25. The van der Waals surface area contributed by atoms with Crippen molar-refractivity contribution in [2.75, 3.05) is 39.4 Å². The Labute approximate surface area is 144 Å². The standard InChI is InChI=1S/C16H22N4OS2/c1-4-19(9-14-17-2-7-22-14)11-16(1)12-20(5-6-21-13-16)10-15-18-3-8-23-15/h2-3,7-8H,1,4-6,9-13H2/t16-/m0/s1. The molecule has 4 rings (SSSR count). The first-order valence-corrected chi connectivity index (χ1v) is 9.87. The maximum absolute atomic E-state index is 5.97. The van der Waals surface area contributed by atoms with Gasteiger partial charge in [-0.3, -0.25) is 9.80 Å². The highest BCUT2D eigenvalue weighted by molar-refractivity contribution is 7.09. The van der Waals surface area contributed by atoms with E-state index in [0.29, 0.717) is 0 Å². The molecule has 2 aliphatic rings. The summed E-state index contributed by atoms with van der Waals surface area (Å²) in [5.74, 6) is 0. The Balaban J connectivity index is 1.40. The molecule has 1 spiro atoms. The molecule has 2 saturated heterocycles. The van der Waals surface area contributed by atoms with E-state index in [4.69, 9.17) is 4.74 Å². The van der Waals surface area contributed by atoms with Crippen molar-refractivity contribution in [2.45, 2.75) is 19.5 Å². The molecule has 1 atom stereocenters. The Hall–Kier alpha value is -0.860. The number of thiazole rings is 2. The topological polar surface area (TPSA) is 41.5 Å². The molecule has 5 nitrogen and oxygen atoms in total. The SMILES string of the molecule is c1csc(CN2CCOC[C@]3(CCN(Cc4nccs4)C3)C2)n1. The van der Waals surface area contributed by atoms with Gasteiger partial charge in [0.2, 0.25) is 0 Å². The number of aromatic nitrogens is 2.